The molecule has 1 aliphatic rings. The molecule has 1 saturated carbocycles. The highest BCUT2D eigenvalue weighted by Crippen LogP contribution is 2.22. The molecule has 0 heterocycles. The standard InChI is InChI=1S/C20H22N2O6S/c23-19(24)17-8-4-5-9-18(17)28-20(25)21-14-10-12-16(13-11-14)29(26,27)22-15-6-2-1-3-7-15/h4-5,8-13,15,22H,1-3,6-7H2,(H,21,25)(H,23,24). The average molecular weight is 418 g/mol. The summed E-state index contributed by atoms with van der Waals surface area (Å²) >= 11 is 0. The lowest BCUT2D eigenvalue weighted by atomic mass is 9.96. The number of carbonyl (C=O) groups is 2. The quantitative estimate of drug-likeness (QED) is 0.659. The van der Waals surface area contributed by atoms with E-state index in [0.29, 0.717) is 5.69 Å². The number of carboxylic acid groups (broad SMARTS) is 1. The molecular weight excluding hydrogens is 396 g/mol. The first-order chi connectivity index (χ1) is 13.8. The van der Waals surface area contributed by atoms with E-state index in [0.717, 1.165) is 32.1 Å². The van der Waals surface area contributed by atoms with Crippen LogP contribution < -0.4 is 14.8 Å². The van der Waals surface area contributed by atoms with Crippen molar-refractivity contribution in [3.8, 4) is 5.75 Å². The molecule has 2 aromatic rings. The fourth-order valence-electron chi connectivity index (χ4n) is 3.20. The summed E-state index contributed by atoms with van der Waals surface area (Å²) in [5.41, 5.74) is 0.178. The number of ether oxygens (including phenoxy) is 1. The smallest absolute Gasteiger partial charge is 0.417 e. The Kier molecular flexibility index (Phi) is 6.50. The Bertz CT molecular complexity index is 982. The summed E-state index contributed by atoms with van der Waals surface area (Å²) in [4.78, 5) is 23.3. The van der Waals surface area contributed by atoms with Gasteiger partial charge in [0.05, 0.1) is 4.90 Å². The Balaban J connectivity index is 1.63. The number of anilines is 1. The summed E-state index contributed by atoms with van der Waals surface area (Å²) in [7, 11) is -3.63. The number of carbonyl (C=O) groups excluding carboxylic acids is 1. The van der Waals surface area contributed by atoms with E-state index in [1.165, 1.54) is 42.5 Å². The van der Waals surface area contributed by atoms with Gasteiger partial charge in [-0.1, -0.05) is 31.4 Å². The van der Waals surface area contributed by atoms with Crippen LogP contribution in [0.1, 0.15) is 42.5 Å². The summed E-state index contributed by atoms with van der Waals surface area (Å²) < 4.78 is 32.8. The van der Waals surface area contributed by atoms with Crippen molar-refractivity contribution in [1.29, 1.82) is 0 Å². The number of hydrogen-bond acceptors (Lipinski definition) is 5. The number of carboxylic acids is 1. The van der Waals surface area contributed by atoms with Gasteiger partial charge in [-0.3, -0.25) is 5.32 Å². The molecule has 0 unspecified atom stereocenters. The molecule has 9 heteroatoms. The minimum Gasteiger partial charge on any atom is -0.478 e. The van der Waals surface area contributed by atoms with Crippen LogP contribution in [0, 0.1) is 0 Å². The van der Waals surface area contributed by atoms with Gasteiger partial charge in [0.25, 0.3) is 0 Å². The van der Waals surface area contributed by atoms with Crippen molar-refractivity contribution in [2.75, 3.05) is 5.32 Å². The van der Waals surface area contributed by atoms with E-state index >= 15 is 0 Å². The van der Waals surface area contributed by atoms with E-state index in [4.69, 9.17) is 9.84 Å². The molecule has 154 valence electrons. The molecule has 0 aromatic heterocycles. The normalized spacial score (nSPS) is 14.9. The molecule has 1 aliphatic carbocycles. The minimum absolute atomic E-state index is 0.0455. The van der Waals surface area contributed by atoms with Crippen LogP contribution in [-0.2, 0) is 10.0 Å². The first kappa shape index (κ1) is 20.8. The fourth-order valence-corrected chi connectivity index (χ4v) is 4.51. The first-order valence-electron chi connectivity index (χ1n) is 9.29. The predicted molar refractivity (Wildman–Crippen MR) is 107 cm³/mol. The van der Waals surface area contributed by atoms with E-state index < -0.39 is 22.1 Å². The van der Waals surface area contributed by atoms with Gasteiger partial charge in [-0.15, -0.1) is 0 Å². The van der Waals surface area contributed by atoms with Gasteiger partial charge in [0.1, 0.15) is 11.3 Å². The monoisotopic (exact) mass is 418 g/mol. The van der Waals surface area contributed by atoms with E-state index in [2.05, 4.69) is 10.0 Å². The highest BCUT2D eigenvalue weighted by atomic mass is 32.2. The van der Waals surface area contributed by atoms with Gasteiger partial charge in [-0.05, 0) is 49.2 Å². The maximum atomic E-state index is 12.5. The lowest BCUT2D eigenvalue weighted by molar-refractivity contribution is 0.0694. The van der Waals surface area contributed by atoms with Crippen LogP contribution in [0.5, 0.6) is 5.75 Å². The Hall–Kier alpha value is -2.91. The summed E-state index contributed by atoms with van der Waals surface area (Å²) in [5.74, 6) is -1.30. The van der Waals surface area contributed by atoms with Crippen molar-refractivity contribution >= 4 is 27.8 Å². The third-order valence-electron chi connectivity index (χ3n) is 4.66. The van der Waals surface area contributed by atoms with Crippen LogP contribution >= 0.6 is 0 Å². The number of benzene rings is 2. The van der Waals surface area contributed by atoms with Gasteiger partial charge >= 0.3 is 12.1 Å². The van der Waals surface area contributed by atoms with Crippen LogP contribution in [0.25, 0.3) is 0 Å². The first-order valence-corrected chi connectivity index (χ1v) is 10.8. The van der Waals surface area contributed by atoms with Crippen LogP contribution in [0.4, 0.5) is 10.5 Å². The van der Waals surface area contributed by atoms with Gasteiger partial charge in [0, 0.05) is 11.7 Å². The van der Waals surface area contributed by atoms with Gasteiger partial charge in [0.2, 0.25) is 10.0 Å². The molecular formula is C20H22N2O6S. The Labute approximate surface area is 168 Å². The second kappa shape index (κ2) is 9.06. The molecule has 8 nitrogen and oxygen atoms in total. The number of amides is 1. The van der Waals surface area contributed by atoms with E-state index in [-0.39, 0.29) is 22.3 Å². The van der Waals surface area contributed by atoms with Crippen molar-refractivity contribution in [2.45, 2.75) is 43.0 Å². The molecule has 0 aliphatic heterocycles. The topological polar surface area (TPSA) is 122 Å². The number of hydrogen-bond donors (Lipinski definition) is 3. The van der Waals surface area contributed by atoms with E-state index in [1.807, 2.05) is 0 Å². The number of rotatable bonds is 6. The summed E-state index contributed by atoms with van der Waals surface area (Å²) in [6.07, 6.45) is 3.96. The summed E-state index contributed by atoms with van der Waals surface area (Å²) in [5, 5.41) is 11.6. The van der Waals surface area contributed by atoms with E-state index in [9.17, 15) is 18.0 Å². The second-order valence-corrected chi connectivity index (χ2v) is 8.51. The van der Waals surface area contributed by atoms with Crippen molar-refractivity contribution in [2.24, 2.45) is 0 Å². The van der Waals surface area contributed by atoms with Crippen molar-refractivity contribution in [3.63, 3.8) is 0 Å². The highest BCUT2D eigenvalue weighted by Gasteiger charge is 2.22. The van der Waals surface area contributed by atoms with Crippen LogP contribution in [0.2, 0.25) is 0 Å². The number of nitrogens with one attached hydrogen (secondary N) is 2. The Morgan fingerprint density at radius 1 is 0.966 bits per heavy atom. The molecule has 1 fully saturated rings. The molecule has 2 aromatic carbocycles. The maximum Gasteiger partial charge on any atom is 0.417 e. The molecule has 1 amide bonds. The third kappa shape index (κ3) is 5.55. The molecule has 0 saturated heterocycles. The second-order valence-electron chi connectivity index (χ2n) is 6.80. The van der Waals surface area contributed by atoms with Crippen LogP contribution in [0.15, 0.2) is 53.4 Å². The Morgan fingerprint density at radius 3 is 2.28 bits per heavy atom. The van der Waals surface area contributed by atoms with Gasteiger partial charge in [-0.25, -0.2) is 22.7 Å². The Morgan fingerprint density at radius 2 is 1.62 bits per heavy atom. The maximum absolute atomic E-state index is 12.5. The molecule has 0 spiro atoms. The highest BCUT2D eigenvalue weighted by molar-refractivity contribution is 7.89. The molecule has 3 rings (SSSR count). The van der Waals surface area contributed by atoms with Crippen molar-refractivity contribution in [1.82, 2.24) is 4.72 Å². The average Bonchev–Trinajstić information content (AvgIpc) is 2.69. The molecule has 3 N–H and O–H groups in total. The summed E-state index contributed by atoms with van der Waals surface area (Å²) in [6, 6.07) is 11.4. The van der Waals surface area contributed by atoms with Gasteiger partial charge in [0.15, 0.2) is 0 Å². The minimum atomic E-state index is -3.63. The number of sulfonamides is 1. The van der Waals surface area contributed by atoms with Crippen molar-refractivity contribution < 1.29 is 27.9 Å². The van der Waals surface area contributed by atoms with Crippen LogP contribution in [0.3, 0.4) is 0 Å². The lowest BCUT2D eigenvalue weighted by Gasteiger charge is -2.22. The lowest BCUT2D eigenvalue weighted by Crippen LogP contribution is -2.36. The van der Waals surface area contributed by atoms with Gasteiger partial charge in [-0.2, -0.15) is 0 Å². The SMILES string of the molecule is O=C(Nc1ccc(S(=O)(=O)NC2CCCCC2)cc1)Oc1ccccc1C(=O)O. The predicted octanol–water partition coefficient (Wildman–Crippen LogP) is 3.61. The van der Waals surface area contributed by atoms with Crippen molar-refractivity contribution in [3.05, 3.63) is 54.1 Å². The summed E-state index contributed by atoms with van der Waals surface area (Å²) in [6.45, 7) is 0. The zero-order valence-corrected chi connectivity index (χ0v) is 16.4. The van der Waals surface area contributed by atoms with Crippen LogP contribution in [-0.4, -0.2) is 31.6 Å². The third-order valence-corrected chi connectivity index (χ3v) is 6.19. The zero-order valence-electron chi connectivity index (χ0n) is 15.6. The number of aromatic carboxylic acids is 1. The van der Waals surface area contributed by atoms with E-state index in [1.54, 1.807) is 6.07 Å². The number of para-hydroxylation sites is 1. The van der Waals surface area contributed by atoms with Gasteiger partial charge < -0.3 is 9.84 Å². The molecule has 29 heavy (non-hydrogen) atoms. The molecule has 0 bridgehead atoms. The fraction of sp³-hybridized carbons (Fsp3) is 0.300. The largest absolute Gasteiger partial charge is 0.478 e. The molecule has 0 radical (unpaired) electrons. The molecule has 0 atom stereocenters. The zero-order chi connectivity index (χ0) is 20.9.